The van der Waals surface area contributed by atoms with Crippen LogP contribution >= 0.6 is 15.9 Å². The summed E-state index contributed by atoms with van der Waals surface area (Å²) >= 11 is 3.51. The van der Waals surface area contributed by atoms with Gasteiger partial charge < -0.3 is 19.3 Å². The van der Waals surface area contributed by atoms with Gasteiger partial charge in [0.2, 0.25) is 5.75 Å². The minimum Gasteiger partial charge on any atom is -0.486 e. The van der Waals surface area contributed by atoms with Crippen LogP contribution in [0.25, 0.3) is 21.9 Å². The number of quaternary nitrogens is 1. The van der Waals surface area contributed by atoms with Crippen molar-refractivity contribution < 1.29 is 19.3 Å². The maximum absolute atomic E-state index is 11.5. The number of rotatable bonds is 4. The molecule has 0 saturated carbocycles. The van der Waals surface area contributed by atoms with Crippen LogP contribution < -0.4 is 16.1 Å². The fraction of sp³-hybridized carbons (Fsp3) is 0.214. The van der Waals surface area contributed by atoms with Crippen molar-refractivity contribution in [2.45, 2.75) is 6.42 Å². The van der Waals surface area contributed by atoms with Gasteiger partial charge in [0.05, 0.1) is 19.4 Å². The Bertz CT molecular complexity index is 821. The van der Waals surface area contributed by atoms with Crippen molar-refractivity contribution in [1.82, 2.24) is 0 Å². The first kappa shape index (κ1) is 13.2. The number of hydrogen-bond donors (Lipinski definition) is 1. The molecule has 6 heteroatoms. The van der Waals surface area contributed by atoms with E-state index in [-0.39, 0.29) is 0 Å². The van der Waals surface area contributed by atoms with Gasteiger partial charge in [-0.1, -0.05) is 0 Å². The Balaban J connectivity index is 2.30. The third-order valence-electron chi connectivity index (χ3n) is 3.02. The fourth-order valence-corrected chi connectivity index (χ4v) is 2.70. The molecule has 0 aliphatic carbocycles. The highest BCUT2D eigenvalue weighted by atomic mass is 79.9. The van der Waals surface area contributed by atoms with Gasteiger partial charge in [0.1, 0.15) is 0 Å². The number of benzene rings is 1. The number of fused-ring (bicyclic) bond motifs is 2. The molecule has 2 aromatic heterocycles. The summed E-state index contributed by atoms with van der Waals surface area (Å²) in [7, 11) is 0. The summed E-state index contributed by atoms with van der Waals surface area (Å²) in [6, 6.07) is 4.95. The van der Waals surface area contributed by atoms with Crippen LogP contribution in [0.1, 0.15) is 6.42 Å². The van der Waals surface area contributed by atoms with Crippen molar-refractivity contribution in [2.24, 2.45) is 0 Å². The van der Waals surface area contributed by atoms with Crippen molar-refractivity contribution >= 4 is 37.9 Å². The summed E-state index contributed by atoms with van der Waals surface area (Å²) in [5.74, 6) is 0.467. The Kier molecular flexibility index (Phi) is 3.50. The van der Waals surface area contributed by atoms with Gasteiger partial charge in [-0.2, -0.15) is 0 Å². The van der Waals surface area contributed by atoms with Crippen molar-refractivity contribution in [3.63, 3.8) is 0 Å². The molecule has 104 valence electrons. The van der Waals surface area contributed by atoms with Crippen LogP contribution in [0.4, 0.5) is 0 Å². The molecule has 2 heterocycles. The highest BCUT2D eigenvalue weighted by Gasteiger charge is 2.18. The van der Waals surface area contributed by atoms with Crippen LogP contribution in [0.5, 0.6) is 5.75 Å². The lowest BCUT2D eigenvalue weighted by Gasteiger charge is -2.09. The molecular weight excluding hydrogens is 326 g/mol. The second kappa shape index (κ2) is 5.30. The number of furan rings is 1. The SMILES string of the molecule is [NH3+]CCCOc1c2occc2c(Br)c2ccc(=O)oc12. The lowest BCUT2D eigenvalue weighted by Crippen LogP contribution is -2.50. The predicted molar refractivity (Wildman–Crippen MR) is 77.8 cm³/mol. The molecule has 0 bridgehead atoms. The van der Waals surface area contributed by atoms with Gasteiger partial charge >= 0.3 is 5.63 Å². The molecule has 0 aliphatic rings. The van der Waals surface area contributed by atoms with Crippen molar-refractivity contribution in [2.75, 3.05) is 13.2 Å². The van der Waals surface area contributed by atoms with Gasteiger partial charge in [-0.15, -0.1) is 0 Å². The Morgan fingerprint density at radius 3 is 2.80 bits per heavy atom. The molecule has 3 rings (SSSR count). The van der Waals surface area contributed by atoms with Gasteiger partial charge in [0.15, 0.2) is 11.2 Å². The molecule has 20 heavy (non-hydrogen) atoms. The predicted octanol–water partition coefficient (Wildman–Crippen LogP) is 2.31. The molecule has 0 saturated heterocycles. The first-order valence-corrected chi connectivity index (χ1v) is 7.06. The average Bonchev–Trinajstić information content (AvgIpc) is 2.92. The highest BCUT2D eigenvalue weighted by molar-refractivity contribution is 9.10. The van der Waals surface area contributed by atoms with Crippen LogP contribution in [0.3, 0.4) is 0 Å². The number of ether oxygens (including phenoxy) is 1. The maximum atomic E-state index is 11.5. The van der Waals surface area contributed by atoms with E-state index in [4.69, 9.17) is 13.6 Å². The fourth-order valence-electron chi connectivity index (χ4n) is 2.07. The monoisotopic (exact) mass is 338 g/mol. The lowest BCUT2D eigenvalue weighted by molar-refractivity contribution is -0.368. The zero-order valence-electron chi connectivity index (χ0n) is 10.6. The van der Waals surface area contributed by atoms with E-state index < -0.39 is 5.63 Å². The highest BCUT2D eigenvalue weighted by Crippen LogP contribution is 2.40. The molecule has 0 unspecified atom stereocenters. The van der Waals surface area contributed by atoms with Crippen molar-refractivity contribution in [3.8, 4) is 5.75 Å². The quantitative estimate of drug-likeness (QED) is 0.584. The van der Waals surface area contributed by atoms with Crippen LogP contribution in [0.2, 0.25) is 0 Å². The van der Waals surface area contributed by atoms with E-state index in [1.807, 2.05) is 6.07 Å². The van der Waals surface area contributed by atoms with E-state index in [9.17, 15) is 4.79 Å². The van der Waals surface area contributed by atoms with E-state index in [0.717, 1.165) is 28.2 Å². The van der Waals surface area contributed by atoms with Gasteiger partial charge in [0, 0.05) is 27.7 Å². The first-order valence-electron chi connectivity index (χ1n) is 6.27. The zero-order valence-corrected chi connectivity index (χ0v) is 12.2. The summed E-state index contributed by atoms with van der Waals surface area (Å²) in [5, 5.41) is 1.67. The van der Waals surface area contributed by atoms with Crippen LogP contribution in [-0.2, 0) is 0 Å². The summed E-state index contributed by atoms with van der Waals surface area (Å²) in [6.07, 6.45) is 2.40. The molecular formula is C14H13BrNO4+. The van der Waals surface area contributed by atoms with Gasteiger partial charge in [-0.3, -0.25) is 0 Å². The van der Waals surface area contributed by atoms with Crippen molar-refractivity contribution in [1.29, 1.82) is 0 Å². The molecule has 0 aliphatic heterocycles. The van der Waals surface area contributed by atoms with Crippen LogP contribution in [0, 0.1) is 0 Å². The van der Waals surface area contributed by atoms with E-state index >= 15 is 0 Å². The number of hydrogen-bond acceptors (Lipinski definition) is 4. The van der Waals surface area contributed by atoms with E-state index in [0.29, 0.717) is 23.5 Å². The molecule has 0 spiro atoms. The molecule has 3 aromatic rings. The van der Waals surface area contributed by atoms with Crippen LogP contribution in [0.15, 0.2) is 42.6 Å². The normalized spacial score (nSPS) is 11.3. The molecule has 1 aromatic carbocycles. The van der Waals surface area contributed by atoms with Gasteiger partial charge in [-0.05, 0) is 28.1 Å². The third kappa shape index (κ3) is 2.10. The molecule has 5 nitrogen and oxygen atoms in total. The Morgan fingerprint density at radius 2 is 2.00 bits per heavy atom. The third-order valence-corrected chi connectivity index (χ3v) is 3.88. The van der Waals surface area contributed by atoms with E-state index in [2.05, 4.69) is 21.7 Å². The van der Waals surface area contributed by atoms with E-state index in [1.54, 1.807) is 12.3 Å². The standard InChI is InChI=1S/C14H12BrNO4/c15-11-8-2-3-10(17)20-13(8)14(18-6-1-5-16)12-9(11)4-7-19-12/h2-4,7H,1,5-6,16H2/p+1. The summed E-state index contributed by atoms with van der Waals surface area (Å²) < 4.78 is 17.3. The largest absolute Gasteiger partial charge is 0.486 e. The topological polar surface area (TPSA) is 80.2 Å². The summed E-state index contributed by atoms with van der Waals surface area (Å²) in [6.45, 7) is 1.27. The number of halogens is 1. The molecule has 3 N–H and O–H groups in total. The van der Waals surface area contributed by atoms with Crippen LogP contribution in [-0.4, -0.2) is 13.2 Å². The summed E-state index contributed by atoms with van der Waals surface area (Å²) in [4.78, 5) is 11.5. The smallest absolute Gasteiger partial charge is 0.336 e. The summed E-state index contributed by atoms with van der Waals surface area (Å²) in [5.41, 5.74) is 4.33. The second-order valence-corrected chi connectivity index (χ2v) is 5.15. The second-order valence-electron chi connectivity index (χ2n) is 4.36. The average molecular weight is 339 g/mol. The lowest BCUT2D eigenvalue weighted by atomic mass is 10.1. The first-order chi connectivity index (χ1) is 9.72. The van der Waals surface area contributed by atoms with Gasteiger partial charge in [0.25, 0.3) is 0 Å². The minimum atomic E-state index is -0.419. The molecule has 0 atom stereocenters. The Labute approximate surface area is 122 Å². The van der Waals surface area contributed by atoms with Crippen molar-refractivity contribution in [3.05, 3.63) is 39.4 Å². The molecule has 0 fully saturated rings. The molecule has 0 radical (unpaired) electrons. The van der Waals surface area contributed by atoms with Gasteiger partial charge in [-0.25, -0.2) is 4.79 Å². The molecule has 0 amide bonds. The Hall–Kier alpha value is -1.79. The zero-order chi connectivity index (χ0) is 14.1. The maximum Gasteiger partial charge on any atom is 0.336 e. The Morgan fingerprint density at radius 1 is 1.20 bits per heavy atom. The minimum absolute atomic E-state index is 0.399. The van der Waals surface area contributed by atoms with E-state index in [1.165, 1.54) is 6.07 Å².